The Labute approximate surface area is 126 Å². The molecule has 3 nitrogen and oxygen atoms in total. The summed E-state index contributed by atoms with van der Waals surface area (Å²) in [6.07, 6.45) is 0. The van der Waals surface area contributed by atoms with Crippen molar-refractivity contribution >= 4 is 5.91 Å². The van der Waals surface area contributed by atoms with E-state index in [0.29, 0.717) is 5.56 Å². The average Bonchev–Trinajstić information content (AvgIpc) is 2.45. The second-order valence-corrected chi connectivity index (χ2v) is 6.05. The lowest BCUT2D eigenvalue weighted by atomic mass is 9.87. The third kappa shape index (κ3) is 3.31. The molecule has 0 atom stereocenters. The van der Waals surface area contributed by atoms with Crippen LogP contribution in [0.25, 0.3) is 11.1 Å². The van der Waals surface area contributed by atoms with E-state index in [-0.39, 0.29) is 5.91 Å². The van der Waals surface area contributed by atoms with Crippen LogP contribution in [0.2, 0.25) is 0 Å². The van der Waals surface area contributed by atoms with Gasteiger partial charge in [-0.1, -0.05) is 36.4 Å². The van der Waals surface area contributed by atoms with Crippen molar-refractivity contribution in [1.82, 2.24) is 4.90 Å². The molecule has 0 bridgehead atoms. The van der Waals surface area contributed by atoms with Crippen LogP contribution < -0.4 is 5.73 Å². The maximum Gasteiger partial charge on any atom is 0.253 e. The molecule has 2 aromatic carbocycles. The summed E-state index contributed by atoms with van der Waals surface area (Å²) in [7, 11) is 3.51. The summed E-state index contributed by atoms with van der Waals surface area (Å²) in [4.78, 5) is 13.7. The van der Waals surface area contributed by atoms with Gasteiger partial charge in [0.1, 0.15) is 0 Å². The number of carbonyl (C=O) groups is 1. The van der Waals surface area contributed by atoms with Gasteiger partial charge in [-0.25, -0.2) is 0 Å². The Kier molecular flexibility index (Phi) is 4.14. The number of amides is 1. The van der Waals surface area contributed by atoms with E-state index in [1.165, 1.54) is 0 Å². The van der Waals surface area contributed by atoms with Crippen LogP contribution in [0.5, 0.6) is 0 Å². The smallest absolute Gasteiger partial charge is 0.253 e. The van der Waals surface area contributed by atoms with Crippen LogP contribution in [0.3, 0.4) is 0 Å². The number of carbonyl (C=O) groups excluding carboxylic acids is 1. The van der Waals surface area contributed by atoms with E-state index in [1.807, 2.05) is 62.4 Å². The van der Waals surface area contributed by atoms with Gasteiger partial charge in [0.25, 0.3) is 5.91 Å². The molecule has 0 saturated heterocycles. The monoisotopic (exact) mass is 282 g/mol. The maximum absolute atomic E-state index is 12.1. The Bertz CT molecular complexity index is 654. The zero-order valence-corrected chi connectivity index (χ0v) is 13.1. The molecular formula is C18H22N2O. The highest BCUT2D eigenvalue weighted by Crippen LogP contribution is 2.30. The molecule has 0 fully saturated rings. The van der Waals surface area contributed by atoms with Gasteiger partial charge in [0, 0.05) is 25.2 Å². The largest absolute Gasteiger partial charge is 0.345 e. The molecule has 0 spiro atoms. The lowest BCUT2D eigenvalue weighted by Gasteiger charge is -2.23. The first-order chi connectivity index (χ1) is 9.80. The van der Waals surface area contributed by atoms with E-state index in [4.69, 9.17) is 5.73 Å². The highest BCUT2D eigenvalue weighted by molar-refractivity contribution is 5.95. The fraction of sp³-hybridized carbons (Fsp3) is 0.278. The van der Waals surface area contributed by atoms with Crippen LogP contribution >= 0.6 is 0 Å². The Morgan fingerprint density at radius 1 is 1.05 bits per heavy atom. The molecule has 0 aromatic heterocycles. The van der Waals surface area contributed by atoms with E-state index >= 15 is 0 Å². The molecular weight excluding hydrogens is 260 g/mol. The minimum absolute atomic E-state index is 0.00124. The number of nitrogens with two attached hydrogens (primary N) is 1. The molecule has 0 aliphatic rings. The lowest BCUT2D eigenvalue weighted by molar-refractivity contribution is 0.0827. The quantitative estimate of drug-likeness (QED) is 0.939. The summed E-state index contributed by atoms with van der Waals surface area (Å²) < 4.78 is 0. The molecule has 0 heterocycles. The van der Waals surface area contributed by atoms with Crippen molar-refractivity contribution < 1.29 is 4.79 Å². The molecule has 2 rings (SSSR count). The first-order valence-corrected chi connectivity index (χ1v) is 7.01. The normalized spacial score (nSPS) is 11.3. The Hall–Kier alpha value is -2.13. The third-order valence-electron chi connectivity index (χ3n) is 3.45. The molecule has 3 heteroatoms. The number of hydrogen-bond acceptors (Lipinski definition) is 2. The summed E-state index contributed by atoms with van der Waals surface area (Å²) in [5.41, 5.74) is 9.66. The van der Waals surface area contributed by atoms with Crippen LogP contribution in [0.15, 0.2) is 48.5 Å². The minimum Gasteiger partial charge on any atom is -0.345 e. The van der Waals surface area contributed by atoms with Crippen molar-refractivity contribution in [3.8, 4) is 11.1 Å². The zero-order chi connectivity index (χ0) is 15.6. The Balaban J connectivity index is 2.54. The number of rotatable bonds is 3. The van der Waals surface area contributed by atoms with Crippen LogP contribution in [0.4, 0.5) is 0 Å². The molecule has 110 valence electrons. The maximum atomic E-state index is 12.1. The zero-order valence-electron chi connectivity index (χ0n) is 13.1. The van der Waals surface area contributed by atoms with Gasteiger partial charge in [0.15, 0.2) is 0 Å². The number of hydrogen-bond donors (Lipinski definition) is 1. The van der Waals surface area contributed by atoms with Gasteiger partial charge in [-0.15, -0.1) is 0 Å². The Morgan fingerprint density at radius 3 is 2.33 bits per heavy atom. The summed E-state index contributed by atoms with van der Waals surface area (Å²) in [6, 6.07) is 15.7. The van der Waals surface area contributed by atoms with Crippen molar-refractivity contribution in [2.75, 3.05) is 14.1 Å². The van der Waals surface area contributed by atoms with Gasteiger partial charge in [-0.2, -0.15) is 0 Å². The van der Waals surface area contributed by atoms with Crippen LogP contribution in [0, 0.1) is 0 Å². The fourth-order valence-corrected chi connectivity index (χ4v) is 2.37. The predicted octanol–water partition coefficient (Wildman–Crippen LogP) is 3.25. The van der Waals surface area contributed by atoms with E-state index < -0.39 is 5.54 Å². The predicted molar refractivity (Wildman–Crippen MR) is 87.1 cm³/mol. The average molecular weight is 282 g/mol. The van der Waals surface area contributed by atoms with Gasteiger partial charge in [-0.3, -0.25) is 4.79 Å². The first-order valence-electron chi connectivity index (χ1n) is 7.01. The highest BCUT2D eigenvalue weighted by atomic mass is 16.2. The molecule has 0 aliphatic heterocycles. The molecule has 21 heavy (non-hydrogen) atoms. The first kappa shape index (κ1) is 15.3. The van der Waals surface area contributed by atoms with E-state index in [1.54, 1.807) is 19.0 Å². The standard InChI is InChI=1S/C18H22N2O/c1-18(2,19)16-11-6-5-10-15(16)13-8-7-9-14(12-13)17(21)20(3)4/h5-12H,19H2,1-4H3. The highest BCUT2D eigenvalue weighted by Gasteiger charge is 2.19. The third-order valence-corrected chi connectivity index (χ3v) is 3.45. The van der Waals surface area contributed by atoms with Gasteiger partial charge in [0.2, 0.25) is 0 Å². The number of benzene rings is 2. The van der Waals surface area contributed by atoms with Crippen molar-refractivity contribution in [2.24, 2.45) is 5.73 Å². The van der Waals surface area contributed by atoms with E-state index in [2.05, 4.69) is 0 Å². The molecule has 2 aromatic rings. The minimum atomic E-state index is -0.432. The second kappa shape index (κ2) is 5.70. The molecule has 1 amide bonds. The van der Waals surface area contributed by atoms with Gasteiger partial charge in [0.05, 0.1) is 0 Å². The van der Waals surface area contributed by atoms with Crippen molar-refractivity contribution in [1.29, 1.82) is 0 Å². The summed E-state index contributed by atoms with van der Waals surface area (Å²) in [5, 5.41) is 0. The summed E-state index contributed by atoms with van der Waals surface area (Å²) >= 11 is 0. The topological polar surface area (TPSA) is 46.3 Å². The number of nitrogens with zero attached hydrogens (tertiary/aromatic N) is 1. The molecule has 0 unspecified atom stereocenters. The molecule has 2 N–H and O–H groups in total. The molecule has 0 saturated carbocycles. The van der Waals surface area contributed by atoms with Crippen molar-refractivity contribution in [3.05, 3.63) is 59.7 Å². The lowest BCUT2D eigenvalue weighted by Crippen LogP contribution is -2.29. The van der Waals surface area contributed by atoms with Crippen molar-refractivity contribution in [3.63, 3.8) is 0 Å². The van der Waals surface area contributed by atoms with Crippen molar-refractivity contribution in [2.45, 2.75) is 19.4 Å². The fourth-order valence-electron chi connectivity index (χ4n) is 2.37. The molecule has 0 radical (unpaired) electrons. The van der Waals surface area contributed by atoms with E-state index in [0.717, 1.165) is 16.7 Å². The van der Waals surface area contributed by atoms with Gasteiger partial charge in [-0.05, 0) is 42.7 Å². The molecule has 0 aliphatic carbocycles. The van der Waals surface area contributed by atoms with Gasteiger partial charge < -0.3 is 10.6 Å². The second-order valence-electron chi connectivity index (χ2n) is 6.05. The Morgan fingerprint density at radius 2 is 1.71 bits per heavy atom. The van der Waals surface area contributed by atoms with Gasteiger partial charge >= 0.3 is 0 Å². The summed E-state index contributed by atoms with van der Waals surface area (Å²) in [5.74, 6) is 0.00124. The van der Waals surface area contributed by atoms with Crippen LogP contribution in [-0.4, -0.2) is 24.9 Å². The van der Waals surface area contributed by atoms with Crippen LogP contribution in [-0.2, 0) is 5.54 Å². The summed E-state index contributed by atoms with van der Waals surface area (Å²) in [6.45, 7) is 3.97. The van der Waals surface area contributed by atoms with E-state index in [9.17, 15) is 4.79 Å². The van der Waals surface area contributed by atoms with Crippen LogP contribution in [0.1, 0.15) is 29.8 Å². The SMILES string of the molecule is CN(C)C(=O)c1cccc(-c2ccccc2C(C)(C)N)c1.